The lowest BCUT2D eigenvalue weighted by Gasteiger charge is -2.10. The average molecular weight is 316 g/mol. The molecule has 1 heterocycles. The third-order valence-corrected chi connectivity index (χ3v) is 3.73. The van der Waals surface area contributed by atoms with Gasteiger partial charge in [-0.25, -0.2) is 4.98 Å². The molecule has 0 aliphatic rings. The number of carboxylic acid groups (broad SMARTS) is 1. The van der Waals surface area contributed by atoms with Gasteiger partial charge in [-0.15, -0.1) is 0 Å². The molecule has 0 atom stereocenters. The summed E-state index contributed by atoms with van der Waals surface area (Å²) in [6.45, 7) is 0. The standard InChI is InChI=1S/C14H9BrN2O2/c15-11-6-8-5-7(14(18)19)1-2-9(8)12-10(11)3-4-17-13(12)16/h1-6H,(H2,16,17)(H,18,19)/p-1. The van der Waals surface area contributed by atoms with Crippen molar-refractivity contribution in [2.75, 3.05) is 5.73 Å². The van der Waals surface area contributed by atoms with Crippen LogP contribution in [0.25, 0.3) is 21.5 Å². The molecule has 2 N–H and O–H groups in total. The monoisotopic (exact) mass is 315 g/mol. The molecule has 0 unspecified atom stereocenters. The Morgan fingerprint density at radius 3 is 2.74 bits per heavy atom. The first-order valence-electron chi connectivity index (χ1n) is 5.56. The van der Waals surface area contributed by atoms with Crippen molar-refractivity contribution < 1.29 is 9.90 Å². The van der Waals surface area contributed by atoms with Gasteiger partial charge in [0, 0.05) is 21.4 Å². The zero-order valence-corrected chi connectivity index (χ0v) is 11.3. The lowest BCUT2D eigenvalue weighted by atomic mass is 10.0. The highest BCUT2D eigenvalue weighted by Gasteiger charge is 2.09. The Morgan fingerprint density at radius 1 is 1.21 bits per heavy atom. The second kappa shape index (κ2) is 4.20. The van der Waals surface area contributed by atoms with Gasteiger partial charge in [0.05, 0.1) is 5.97 Å². The van der Waals surface area contributed by atoms with Gasteiger partial charge in [-0.1, -0.05) is 28.1 Å². The molecular weight excluding hydrogens is 308 g/mol. The number of rotatable bonds is 1. The molecule has 0 bridgehead atoms. The molecule has 2 aromatic carbocycles. The number of hydrogen-bond acceptors (Lipinski definition) is 4. The number of nitrogens with zero attached hydrogens (tertiary/aromatic N) is 1. The van der Waals surface area contributed by atoms with Crippen molar-refractivity contribution in [2.45, 2.75) is 0 Å². The number of hydrogen-bond donors (Lipinski definition) is 1. The Labute approximate surface area is 117 Å². The molecule has 94 valence electrons. The number of pyridine rings is 1. The number of nitrogen functional groups attached to an aromatic ring is 1. The fraction of sp³-hybridized carbons (Fsp3) is 0. The van der Waals surface area contributed by atoms with Gasteiger partial charge in [0.25, 0.3) is 0 Å². The predicted molar refractivity (Wildman–Crippen MR) is 75.7 cm³/mol. The molecule has 0 saturated carbocycles. The zero-order chi connectivity index (χ0) is 13.6. The van der Waals surface area contributed by atoms with Crippen molar-refractivity contribution in [1.29, 1.82) is 0 Å². The van der Waals surface area contributed by atoms with E-state index in [9.17, 15) is 9.90 Å². The molecule has 19 heavy (non-hydrogen) atoms. The Balaban J connectivity index is 2.51. The van der Waals surface area contributed by atoms with Gasteiger partial charge < -0.3 is 15.6 Å². The van der Waals surface area contributed by atoms with Crippen molar-refractivity contribution in [3.8, 4) is 0 Å². The van der Waals surface area contributed by atoms with Gasteiger partial charge in [-0.05, 0) is 34.5 Å². The van der Waals surface area contributed by atoms with Crippen LogP contribution in [0.4, 0.5) is 5.82 Å². The highest BCUT2D eigenvalue weighted by molar-refractivity contribution is 9.10. The van der Waals surface area contributed by atoms with Gasteiger partial charge in [-0.3, -0.25) is 0 Å². The Kier molecular flexibility index (Phi) is 2.64. The average Bonchev–Trinajstić information content (AvgIpc) is 2.38. The summed E-state index contributed by atoms with van der Waals surface area (Å²) >= 11 is 3.47. The summed E-state index contributed by atoms with van der Waals surface area (Å²) in [5, 5.41) is 14.3. The Bertz CT molecular complexity index is 830. The van der Waals surface area contributed by atoms with Crippen molar-refractivity contribution in [1.82, 2.24) is 4.98 Å². The molecule has 0 spiro atoms. The molecule has 0 radical (unpaired) electrons. The number of halogens is 1. The van der Waals surface area contributed by atoms with Crippen LogP contribution in [0.1, 0.15) is 10.4 Å². The fourth-order valence-corrected chi connectivity index (χ4v) is 2.79. The van der Waals surface area contributed by atoms with E-state index in [4.69, 9.17) is 5.73 Å². The summed E-state index contributed by atoms with van der Waals surface area (Å²) in [4.78, 5) is 15.0. The molecule has 0 saturated heterocycles. The number of benzene rings is 2. The first kappa shape index (κ1) is 11.9. The first-order chi connectivity index (χ1) is 9.08. The van der Waals surface area contributed by atoms with Gasteiger partial charge in [0.2, 0.25) is 0 Å². The van der Waals surface area contributed by atoms with Gasteiger partial charge in [-0.2, -0.15) is 0 Å². The van der Waals surface area contributed by atoms with Crippen LogP contribution in [0.5, 0.6) is 0 Å². The number of carboxylic acids is 1. The van der Waals surface area contributed by atoms with Crippen LogP contribution in [0, 0.1) is 0 Å². The van der Waals surface area contributed by atoms with Crippen LogP contribution < -0.4 is 10.8 Å². The molecule has 0 amide bonds. The lowest BCUT2D eigenvalue weighted by molar-refractivity contribution is -0.255. The number of fused-ring (bicyclic) bond motifs is 3. The van der Waals surface area contributed by atoms with E-state index < -0.39 is 5.97 Å². The fourth-order valence-electron chi connectivity index (χ4n) is 2.21. The molecular formula is C14H8BrN2O2-. The minimum atomic E-state index is -1.20. The molecule has 0 aliphatic heterocycles. The van der Waals surface area contributed by atoms with Crippen molar-refractivity contribution in [3.05, 3.63) is 46.6 Å². The van der Waals surface area contributed by atoms with Gasteiger partial charge in [0.1, 0.15) is 5.82 Å². The number of aromatic carboxylic acids is 1. The maximum absolute atomic E-state index is 10.9. The van der Waals surface area contributed by atoms with Gasteiger partial charge >= 0.3 is 0 Å². The van der Waals surface area contributed by atoms with E-state index in [1.54, 1.807) is 18.3 Å². The van der Waals surface area contributed by atoms with Crippen LogP contribution in [0.3, 0.4) is 0 Å². The van der Waals surface area contributed by atoms with Crippen LogP contribution >= 0.6 is 15.9 Å². The summed E-state index contributed by atoms with van der Waals surface area (Å²) in [6.07, 6.45) is 1.64. The van der Waals surface area contributed by atoms with Crippen molar-refractivity contribution >= 4 is 49.3 Å². The van der Waals surface area contributed by atoms with E-state index in [-0.39, 0.29) is 5.56 Å². The van der Waals surface area contributed by atoms with E-state index in [0.717, 1.165) is 26.0 Å². The molecule has 0 fully saturated rings. The van der Waals surface area contributed by atoms with Gasteiger partial charge in [0.15, 0.2) is 0 Å². The first-order valence-corrected chi connectivity index (χ1v) is 6.35. The summed E-state index contributed by atoms with van der Waals surface area (Å²) in [5.41, 5.74) is 6.07. The summed E-state index contributed by atoms with van der Waals surface area (Å²) < 4.78 is 0.847. The number of aromatic nitrogens is 1. The van der Waals surface area contributed by atoms with E-state index in [1.807, 2.05) is 12.1 Å². The minimum Gasteiger partial charge on any atom is -0.545 e. The third-order valence-electron chi connectivity index (χ3n) is 3.08. The highest BCUT2D eigenvalue weighted by atomic mass is 79.9. The SMILES string of the molecule is Nc1nccc2c(Br)cc3cc(C(=O)[O-])ccc3c12. The molecule has 4 nitrogen and oxygen atoms in total. The maximum Gasteiger partial charge on any atom is 0.131 e. The van der Waals surface area contributed by atoms with Crippen LogP contribution in [-0.4, -0.2) is 11.0 Å². The quantitative estimate of drug-likeness (QED) is 0.697. The Hall–Kier alpha value is -2.14. The molecule has 3 rings (SSSR count). The van der Waals surface area contributed by atoms with Crippen LogP contribution in [0.15, 0.2) is 41.0 Å². The molecule has 1 aromatic heterocycles. The van der Waals surface area contributed by atoms with E-state index >= 15 is 0 Å². The number of carbonyl (C=O) groups excluding carboxylic acids is 1. The van der Waals surface area contributed by atoms with E-state index in [0.29, 0.717) is 5.82 Å². The smallest absolute Gasteiger partial charge is 0.131 e. The highest BCUT2D eigenvalue weighted by Crippen LogP contribution is 2.34. The summed E-state index contributed by atoms with van der Waals surface area (Å²) in [7, 11) is 0. The second-order valence-electron chi connectivity index (χ2n) is 4.20. The summed E-state index contributed by atoms with van der Waals surface area (Å²) in [5.74, 6) is -0.776. The van der Waals surface area contributed by atoms with Crippen LogP contribution in [0.2, 0.25) is 0 Å². The predicted octanol–water partition coefficient (Wildman–Crippen LogP) is 2.10. The third kappa shape index (κ3) is 1.82. The number of carbonyl (C=O) groups is 1. The van der Waals surface area contributed by atoms with E-state index in [1.165, 1.54) is 6.07 Å². The molecule has 3 aromatic rings. The largest absolute Gasteiger partial charge is 0.545 e. The maximum atomic E-state index is 10.9. The van der Waals surface area contributed by atoms with Crippen molar-refractivity contribution in [2.24, 2.45) is 0 Å². The molecule has 0 aliphatic carbocycles. The van der Waals surface area contributed by atoms with Crippen LogP contribution in [-0.2, 0) is 0 Å². The van der Waals surface area contributed by atoms with E-state index in [2.05, 4.69) is 20.9 Å². The zero-order valence-electron chi connectivity index (χ0n) is 9.68. The van der Waals surface area contributed by atoms with Crippen molar-refractivity contribution in [3.63, 3.8) is 0 Å². The number of anilines is 1. The lowest BCUT2D eigenvalue weighted by Crippen LogP contribution is -2.21. The topological polar surface area (TPSA) is 79.0 Å². The molecule has 5 heteroatoms. The second-order valence-corrected chi connectivity index (χ2v) is 5.05. The number of nitrogens with two attached hydrogens (primary N) is 1. The normalized spacial score (nSPS) is 11.0. The Morgan fingerprint density at radius 2 is 2.00 bits per heavy atom. The minimum absolute atomic E-state index is 0.140. The summed E-state index contributed by atoms with van der Waals surface area (Å²) in [6, 6.07) is 8.54.